The number of pyridine rings is 1. The van der Waals surface area contributed by atoms with E-state index in [1.54, 1.807) is 24.3 Å². The van der Waals surface area contributed by atoms with Gasteiger partial charge in [-0.05, 0) is 67.4 Å². The maximum atomic E-state index is 13.0. The smallest absolute Gasteiger partial charge is 0.287 e. The van der Waals surface area contributed by atoms with E-state index >= 15 is 0 Å². The normalized spacial score (nSPS) is 17.5. The molecule has 0 aliphatic carbocycles. The fourth-order valence-electron chi connectivity index (χ4n) is 5.43. The maximum absolute atomic E-state index is 13.0. The largest absolute Gasteiger partial charge is 0.508 e. The third-order valence-electron chi connectivity index (χ3n) is 7.74. The molecule has 6 rings (SSSR count). The van der Waals surface area contributed by atoms with Crippen molar-refractivity contribution in [2.45, 2.75) is 42.7 Å². The van der Waals surface area contributed by atoms with Gasteiger partial charge in [0.1, 0.15) is 28.1 Å². The van der Waals surface area contributed by atoms with Crippen LogP contribution in [-0.4, -0.2) is 67.0 Å². The van der Waals surface area contributed by atoms with Gasteiger partial charge >= 0.3 is 0 Å². The number of piperidine rings is 2. The summed E-state index contributed by atoms with van der Waals surface area (Å²) in [6, 6.07) is 17.6. The number of phenolic OH excluding ortho intramolecular Hbond substituents is 1. The van der Waals surface area contributed by atoms with Crippen LogP contribution >= 0.6 is 0 Å². The Morgan fingerprint density at radius 1 is 0.976 bits per heavy atom. The number of aromatic hydroxyl groups is 1. The van der Waals surface area contributed by atoms with Crippen molar-refractivity contribution in [2.24, 2.45) is 0 Å². The summed E-state index contributed by atoms with van der Waals surface area (Å²) >= 11 is 0. The summed E-state index contributed by atoms with van der Waals surface area (Å²) in [7, 11) is -3.60. The Kier molecular flexibility index (Phi) is 7.55. The molecule has 0 atom stereocenters. The number of benzene rings is 2. The van der Waals surface area contributed by atoms with Gasteiger partial charge in [0.15, 0.2) is 5.76 Å². The van der Waals surface area contributed by atoms with Gasteiger partial charge in [-0.15, -0.1) is 0 Å². The number of ether oxygens (including phenoxy) is 1. The van der Waals surface area contributed by atoms with E-state index in [1.807, 2.05) is 30.3 Å². The van der Waals surface area contributed by atoms with Crippen LogP contribution in [0.25, 0.3) is 11.0 Å². The number of rotatable bonds is 7. The van der Waals surface area contributed by atoms with E-state index in [1.165, 1.54) is 22.8 Å². The number of phenols is 1. The van der Waals surface area contributed by atoms with Crippen LogP contribution in [0.5, 0.6) is 11.5 Å². The van der Waals surface area contributed by atoms with E-state index < -0.39 is 10.0 Å². The highest BCUT2D eigenvalue weighted by atomic mass is 32.2. The number of furan rings is 1. The van der Waals surface area contributed by atoms with Crippen molar-refractivity contribution in [1.29, 1.82) is 0 Å². The SMILES string of the molecule is O=C(NC1CCN(S(=O)(=O)c2cccnc2)CC1)c1cc2ccc(OC3CCN(c4ccc(O)cc4)CC3)cc2o1. The van der Waals surface area contributed by atoms with Gasteiger partial charge in [0.05, 0.1) is 0 Å². The van der Waals surface area contributed by atoms with Gasteiger partial charge < -0.3 is 24.5 Å². The molecule has 1 amide bonds. The number of amides is 1. The highest BCUT2D eigenvalue weighted by molar-refractivity contribution is 7.89. The number of fused-ring (bicyclic) bond motifs is 1. The highest BCUT2D eigenvalue weighted by Gasteiger charge is 2.30. The quantitative estimate of drug-likeness (QED) is 0.336. The third kappa shape index (κ3) is 6.01. The lowest BCUT2D eigenvalue weighted by Gasteiger charge is -2.33. The molecule has 10 nitrogen and oxygen atoms in total. The Bertz CT molecular complexity index is 1610. The van der Waals surface area contributed by atoms with E-state index in [4.69, 9.17) is 9.15 Å². The number of hydrogen-bond acceptors (Lipinski definition) is 8. The van der Waals surface area contributed by atoms with Crippen molar-refractivity contribution in [3.63, 3.8) is 0 Å². The molecule has 0 radical (unpaired) electrons. The summed E-state index contributed by atoms with van der Waals surface area (Å²) in [5, 5.41) is 13.3. The molecular weight excluding hydrogens is 544 g/mol. The Labute approximate surface area is 238 Å². The minimum absolute atomic E-state index is 0.0754. The number of sulfonamides is 1. The molecule has 0 saturated carbocycles. The number of hydrogen-bond donors (Lipinski definition) is 2. The molecule has 2 aliphatic rings. The molecule has 4 heterocycles. The van der Waals surface area contributed by atoms with Crippen molar-refractivity contribution in [3.05, 3.63) is 78.8 Å². The zero-order valence-corrected chi connectivity index (χ0v) is 23.3. The zero-order chi connectivity index (χ0) is 28.4. The molecule has 0 spiro atoms. The first-order valence-corrected chi connectivity index (χ1v) is 15.2. The number of nitrogens with one attached hydrogen (secondary N) is 1. The first-order chi connectivity index (χ1) is 19.8. The second-order valence-electron chi connectivity index (χ2n) is 10.5. The van der Waals surface area contributed by atoms with Gasteiger partial charge in [-0.2, -0.15) is 4.31 Å². The average Bonchev–Trinajstić information content (AvgIpc) is 3.43. The van der Waals surface area contributed by atoms with E-state index in [0.717, 1.165) is 37.0 Å². The molecule has 2 fully saturated rings. The summed E-state index contributed by atoms with van der Waals surface area (Å²) < 4.78 is 39.2. The zero-order valence-electron chi connectivity index (χ0n) is 22.5. The average molecular weight is 577 g/mol. The van der Waals surface area contributed by atoms with Gasteiger partial charge in [0.2, 0.25) is 10.0 Å². The van der Waals surface area contributed by atoms with Crippen molar-refractivity contribution in [1.82, 2.24) is 14.6 Å². The summed E-state index contributed by atoms with van der Waals surface area (Å²) in [5.41, 5.74) is 1.66. The molecule has 2 saturated heterocycles. The van der Waals surface area contributed by atoms with Crippen molar-refractivity contribution < 1.29 is 27.5 Å². The molecule has 4 aromatic rings. The van der Waals surface area contributed by atoms with Crippen LogP contribution < -0.4 is 15.0 Å². The number of carbonyl (C=O) groups excluding carboxylic acids is 1. The predicted molar refractivity (Wildman–Crippen MR) is 154 cm³/mol. The molecule has 0 bridgehead atoms. The molecule has 2 N–H and O–H groups in total. The minimum atomic E-state index is -3.60. The molecule has 2 aliphatic heterocycles. The number of anilines is 1. The van der Waals surface area contributed by atoms with Gasteiger partial charge in [0, 0.05) is 74.6 Å². The standard InChI is InChI=1S/C30H32N4O6S/c35-24-6-4-23(5-7-24)33-14-11-25(12-15-33)39-26-8-3-21-18-29(40-28(21)19-26)30(36)32-22-9-16-34(17-10-22)41(37,38)27-2-1-13-31-20-27/h1-8,13,18-20,22,25,35H,9-12,14-17H2,(H,32,36). The third-order valence-corrected chi connectivity index (χ3v) is 9.62. The Morgan fingerprint density at radius 3 is 2.44 bits per heavy atom. The Morgan fingerprint density at radius 2 is 1.73 bits per heavy atom. The summed E-state index contributed by atoms with van der Waals surface area (Å²) in [6.07, 6.45) is 5.72. The first kappa shape index (κ1) is 27.1. The maximum Gasteiger partial charge on any atom is 0.287 e. The molecular formula is C30H32N4O6S. The van der Waals surface area contributed by atoms with E-state index in [9.17, 15) is 18.3 Å². The van der Waals surface area contributed by atoms with Crippen LogP contribution in [0.1, 0.15) is 36.2 Å². The van der Waals surface area contributed by atoms with Gasteiger partial charge in [-0.3, -0.25) is 9.78 Å². The van der Waals surface area contributed by atoms with E-state index in [0.29, 0.717) is 37.3 Å². The molecule has 0 unspecified atom stereocenters. The fraction of sp³-hybridized carbons (Fsp3) is 0.333. The molecule has 2 aromatic heterocycles. The fourth-order valence-corrected chi connectivity index (χ4v) is 6.86. The second kappa shape index (κ2) is 11.4. The van der Waals surface area contributed by atoms with Crippen molar-refractivity contribution >= 4 is 32.6 Å². The number of aromatic nitrogens is 1. The van der Waals surface area contributed by atoms with Gasteiger partial charge in [-0.25, -0.2) is 8.42 Å². The van der Waals surface area contributed by atoms with Gasteiger partial charge in [0.25, 0.3) is 5.91 Å². The number of carbonyl (C=O) groups is 1. The lowest BCUT2D eigenvalue weighted by molar-refractivity contribution is 0.0897. The van der Waals surface area contributed by atoms with Crippen molar-refractivity contribution in [2.75, 3.05) is 31.1 Å². The summed E-state index contributed by atoms with van der Waals surface area (Å²) in [4.78, 5) is 19.3. The number of nitrogens with zero attached hydrogens (tertiary/aromatic N) is 3. The molecule has 41 heavy (non-hydrogen) atoms. The first-order valence-electron chi connectivity index (χ1n) is 13.8. The van der Waals surface area contributed by atoms with Crippen molar-refractivity contribution in [3.8, 4) is 11.5 Å². The van der Waals surface area contributed by atoms with Gasteiger partial charge in [-0.1, -0.05) is 0 Å². The molecule has 2 aromatic carbocycles. The van der Waals surface area contributed by atoms with E-state index in [2.05, 4.69) is 15.2 Å². The van der Waals surface area contributed by atoms with Crippen LogP contribution in [0.15, 0.2) is 82.4 Å². The molecule has 11 heteroatoms. The van der Waals surface area contributed by atoms with Crippen LogP contribution in [0, 0.1) is 0 Å². The second-order valence-corrected chi connectivity index (χ2v) is 12.4. The van der Waals surface area contributed by atoms with Crippen LogP contribution in [0.2, 0.25) is 0 Å². The minimum Gasteiger partial charge on any atom is -0.508 e. The van der Waals surface area contributed by atoms with Crippen LogP contribution in [0.3, 0.4) is 0 Å². The lowest BCUT2D eigenvalue weighted by atomic mass is 10.1. The topological polar surface area (TPSA) is 125 Å². The lowest BCUT2D eigenvalue weighted by Crippen LogP contribution is -2.46. The summed E-state index contributed by atoms with van der Waals surface area (Å²) in [5.74, 6) is 0.851. The summed E-state index contributed by atoms with van der Waals surface area (Å²) in [6.45, 7) is 2.35. The highest BCUT2D eigenvalue weighted by Crippen LogP contribution is 2.29. The van der Waals surface area contributed by atoms with E-state index in [-0.39, 0.29) is 34.5 Å². The monoisotopic (exact) mass is 576 g/mol. The Balaban J connectivity index is 1.02. The van der Waals surface area contributed by atoms with Crippen LogP contribution in [0.4, 0.5) is 5.69 Å². The molecule has 214 valence electrons. The Hall–Kier alpha value is -4.09. The predicted octanol–water partition coefficient (Wildman–Crippen LogP) is 4.16. The van der Waals surface area contributed by atoms with Crippen LogP contribution in [-0.2, 0) is 10.0 Å².